The molecule has 0 atom stereocenters. The number of carboxylic acids is 1. The lowest BCUT2D eigenvalue weighted by atomic mass is 10.2. The number of methoxy groups -OCH3 is 1. The van der Waals surface area contributed by atoms with Crippen LogP contribution in [0.15, 0.2) is 42.5 Å². The van der Waals surface area contributed by atoms with Crippen molar-refractivity contribution in [3.05, 3.63) is 53.1 Å². The summed E-state index contributed by atoms with van der Waals surface area (Å²) < 4.78 is 30.6. The number of sulfonamides is 1. The minimum absolute atomic E-state index is 0.0799. The number of carbonyl (C=O) groups excluding carboxylic acids is 1. The van der Waals surface area contributed by atoms with Gasteiger partial charge in [0.05, 0.1) is 29.6 Å². The predicted octanol–water partition coefficient (Wildman–Crippen LogP) is 3.23. The SMILES string of the molecule is COc1ccc(N(CCCC(=O)Nc2ccc(C(=O)O)cc2)S(C)(=O)=O)cc1Cl. The lowest BCUT2D eigenvalue weighted by Gasteiger charge is -2.23. The van der Waals surface area contributed by atoms with E-state index in [9.17, 15) is 18.0 Å². The van der Waals surface area contributed by atoms with Gasteiger partial charge in [-0.25, -0.2) is 13.2 Å². The Balaban J connectivity index is 1.98. The first-order valence-corrected chi connectivity index (χ1v) is 10.8. The third-order valence-electron chi connectivity index (χ3n) is 4.00. The highest BCUT2D eigenvalue weighted by atomic mass is 35.5. The lowest BCUT2D eigenvalue weighted by molar-refractivity contribution is -0.116. The number of hydrogen-bond acceptors (Lipinski definition) is 5. The molecule has 2 rings (SSSR count). The molecule has 0 fully saturated rings. The van der Waals surface area contributed by atoms with Crippen LogP contribution in [0.4, 0.5) is 11.4 Å². The Morgan fingerprint density at radius 1 is 1.17 bits per heavy atom. The Kier molecular flexibility index (Phi) is 7.46. The van der Waals surface area contributed by atoms with Gasteiger partial charge in [0.25, 0.3) is 0 Å². The van der Waals surface area contributed by atoms with E-state index < -0.39 is 16.0 Å². The van der Waals surface area contributed by atoms with E-state index in [1.807, 2.05) is 0 Å². The van der Waals surface area contributed by atoms with Crippen molar-refractivity contribution < 1.29 is 27.9 Å². The average Bonchev–Trinajstić information content (AvgIpc) is 2.64. The van der Waals surface area contributed by atoms with E-state index in [0.29, 0.717) is 17.1 Å². The van der Waals surface area contributed by atoms with Crippen LogP contribution < -0.4 is 14.4 Å². The Hall–Kier alpha value is -2.78. The van der Waals surface area contributed by atoms with Crippen molar-refractivity contribution >= 4 is 44.9 Å². The highest BCUT2D eigenvalue weighted by Crippen LogP contribution is 2.30. The van der Waals surface area contributed by atoms with E-state index in [1.165, 1.54) is 41.7 Å². The summed E-state index contributed by atoms with van der Waals surface area (Å²) in [6.45, 7) is 0.0901. The summed E-state index contributed by atoms with van der Waals surface area (Å²) in [7, 11) is -2.12. The van der Waals surface area contributed by atoms with Crippen molar-refractivity contribution in [1.29, 1.82) is 0 Å². The molecule has 2 aromatic rings. The summed E-state index contributed by atoms with van der Waals surface area (Å²) in [4.78, 5) is 22.9. The fourth-order valence-electron chi connectivity index (χ4n) is 2.60. The second kappa shape index (κ2) is 9.62. The fraction of sp³-hybridized carbons (Fsp3) is 0.263. The molecule has 0 heterocycles. The van der Waals surface area contributed by atoms with Crippen LogP contribution in [-0.4, -0.2) is 45.3 Å². The van der Waals surface area contributed by atoms with Crippen molar-refractivity contribution in [3.63, 3.8) is 0 Å². The van der Waals surface area contributed by atoms with Gasteiger partial charge in [0.15, 0.2) is 0 Å². The number of nitrogens with one attached hydrogen (secondary N) is 1. The zero-order chi connectivity index (χ0) is 21.6. The number of nitrogens with zero attached hydrogens (tertiary/aromatic N) is 1. The van der Waals surface area contributed by atoms with Crippen molar-refractivity contribution in [2.45, 2.75) is 12.8 Å². The topological polar surface area (TPSA) is 113 Å². The number of anilines is 2. The van der Waals surface area contributed by atoms with E-state index >= 15 is 0 Å². The molecule has 0 aliphatic carbocycles. The van der Waals surface area contributed by atoms with E-state index in [2.05, 4.69) is 5.32 Å². The van der Waals surface area contributed by atoms with Crippen molar-refractivity contribution in [2.75, 3.05) is 29.5 Å². The number of halogens is 1. The van der Waals surface area contributed by atoms with Crippen LogP contribution in [0.25, 0.3) is 0 Å². The first kappa shape index (κ1) is 22.5. The van der Waals surface area contributed by atoms with E-state index in [4.69, 9.17) is 21.4 Å². The molecule has 0 bridgehead atoms. The van der Waals surface area contributed by atoms with E-state index in [0.717, 1.165) is 6.26 Å². The molecule has 0 saturated heterocycles. The third kappa shape index (κ3) is 6.37. The molecular weight excluding hydrogens is 420 g/mol. The van der Waals surface area contributed by atoms with Gasteiger partial charge in [-0.3, -0.25) is 9.10 Å². The number of benzene rings is 2. The van der Waals surface area contributed by atoms with Crippen LogP contribution in [-0.2, 0) is 14.8 Å². The van der Waals surface area contributed by atoms with Crippen molar-refractivity contribution in [3.8, 4) is 5.75 Å². The standard InChI is InChI=1S/C19H21ClN2O6S/c1-28-17-10-9-15(12-16(17)20)22(29(2,26)27)11-3-4-18(23)21-14-7-5-13(6-8-14)19(24)25/h5-10,12H,3-4,11H2,1-2H3,(H,21,23)(H,24,25). The third-order valence-corrected chi connectivity index (χ3v) is 5.49. The van der Waals surface area contributed by atoms with Gasteiger partial charge in [-0.05, 0) is 48.9 Å². The molecular formula is C19H21ClN2O6S. The molecule has 2 N–H and O–H groups in total. The van der Waals surface area contributed by atoms with E-state index in [1.54, 1.807) is 12.1 Å². The van der Waals surface area contributed by atoms with E-state index in [-0.39, 0.29) is 35.9 Å². The summed E-state index contributed by atoms with van der Waals surface area (Å²) in [6.07, 6.45) is 1.43. The monoisotopic (exact) mass is 440 g/mol. The Morgan fingerprint density at radius 2 is 1.83 bits per heavy atom. The number of carboxylic acid groups (broad SMARTS) is 1. The van der Waals surface area contributed by atoms with Gasteiger partial charge >= 0.3 is 5.97 Å². The lowest BCUT2D eigenvalue weighted by Crippen LogP contribution is -2.31. The van der Waals surface area contributed by atoms with Gasteiger partial charge in [-0.1, -0.05) is 11.6 Å². The molecule has 0 aromatic heterocycles. The fourth-order valence-corrected chi connectivity index (χ4v) is 3.81. The predicted molar refractivity (Wildman–Crippen MR) is 111 cm³/mol. The summed E-state index contributed by atoms with van der Waals surface area (Å²) in [6, 6.07) is 10.4. The molecule has 1 amide bonds. The van der Waals surface area contributed by atoms with Gasteiger partial charge in [-0.2, -0.15) is 0 Å². The van der Waals surface area contributed by atoms with Crippen LogP contribution >= 0.6 is 11.6 Å². The van der Waals surface area contributed by atoms with Crippen LogP contribution in [0.3, 0.4) is 0 Å². The molecule has 0 unspecified atom stereocenters. The minimum Gasteiger partial charge on any atom is -0.495 e. The van der Waals surface area contributed by atoms with Crippen LogP contribution in [0.1, 0.15) is 23.2 Å². The highest BCUT2D eigenvalue weighted by molar-refractivity contribution is 7.92. The normalized spacial score (nSPS) is 11.0. The quantitative estimate of drug-likeness (QED) is 0.618. The molecule has 0 radical (unpaired) electrons. The van der Waals surface area contributed by atoms with Crippen LogP contribution in [0.2, 0.25) is 5.02 Å². The Labute approximate surface area is 174 Å². The number of amides is 1. The van der Waals surface area contributed by atoms with Gasteiger partial charge in [0.2, 0.25) is 15.9 Å². The first-order valence-electron chi connectivity index (χ1n) is 8.56. The first-order chi connectivity index (χ1) is 13.6. The second-order valence-corrected chi connectivity index (χ2v) is 8.50. The summed E-state index contributed by atoms with van der Waals surface area (Å²) >= 11 is 6.08. The summed E-state index contributed by atoms with van der Waals surface area (Å²) in [5.41, 5.74) is 0.954. The molecule has 0 aliphatic rings. The largest absolute Gasteiger partial charge is 0.495 e. The summed E-state index contributed by atoms with van der Waals surface area (Å²) in [5.74, 6) is -0.936. The van der Waals surface area contributed by atoms with Crippen molar-refractivity contribution in [2.24, 2.45) is 0 Å². The Morgan fingerprint density at radius 3 is 2.34 bits per heavy atom. The maximum Gasteiger partial charge on any atom is 0.335 e. The minimum atomic E-state index is -3.58. The summed E-state index contributed by atoms with van der Waals surface area (Å²) in [5, 5.41) is 11.8. The number of hydrogen-bond donors (Lipinski definition) is 2. The second-order valence-electron chi connectivity index (χ2n) is 6.19. The molecule has 10 heteroatoms. The van der Waals surface area contributed by atoms with Crippen molar-refractivity contribution in [1.82, 2.24) is 0 Å². The smallest absolute Gasteiger partial charge is 0.335 e. The molecule has 0 saturated carbocycles. The van der Waals surface area contributed by atoms with Gasteiger partial charge in [-0.15, -0.1) is 0 Å². The van der Waals surface area contributed by atoms with Crippen LogP contribution in [0.5, 0.6) is 5.75 Å². The number of ether oxygens (including phenoxy) is 1. The van der Waals surface area contributed by atoms with Gasteiger partial charge in [0.1, 0.15) is 5.75 Å². The van der Waals surface area contributed by atoms with Gasteiger partial charge < -0.3 is 15.2 Å². The molecule has 0 spiro atoms. The molecule has 2 aromatic carbocycles. The maximum absolute atomic E-state index is 12.2. The van der Waals surface area contributed by atoms with Gasteiger partial charge in [0, 0.05) is 18.7 Å². The zero-order valence-corrected chi connectivity index (χ0v) is 17.5. The maximum atomic E-state index is 12.2. The average molecular weight is 441 g/mol. The molecule has 29 heavy (non-hydrogen) atoms. The molecule has 8 nitrogen and oxygen atoms in total. The number of rotatable bonds is 9. The molecule has 156 valence electrons. The highest BCUT2D eigenvalue weighted by Gasteiger charge is 2.19. The number of carbonyl (C=O) groups is 2. The number of aromatic carboxylic acids is 1. The Bertz CT molecular complexity index is 992. The zero-order valence-electron chi connectivity index (χ0n) is 15.9. The molecule has 0 aliphatic heterocycles. The van der Waals surface area contributed by atoms with Crippen LogP contribution in [0, 0.1) is 0 Å².